The number of benzene rings is 1. The van der Waals surface area contributed by atoms with Crippen LogP contribution in [-0.2, 0) is 5.54 Å². The first kappa shape index (κ1) is 17.6. The molecular formula is C16H21ClFN5. The quantitative estimate of drug-likeness (QED) is 0.891. The van der Waals surface area contributed by atoms with Crippen molar-refractivity contribution in [3.8, 4) is 0 Å². The number of aromatic nitrogens is 2. The van der Waals surface area contributed by atoms with E-state index in [-0.39, 0.29) is 18.2 Å². The van der Waals surface area contributed by atoms with E-state index in [1.165, 1.54) is 12.1 Å². The molecule has 1 saturated heterocycles. The Bertz CT molecular complexity index is 624. The summed E-state index contributed by atoms with van der Waals surface area (Å²) in [5.74, 6) is 0.449. The van der Waals surface area contributed by atoms with Crippen LogP contribution >= 0.6 is 12.4 Å². The molecule has 7 heteroatoms. The van der Waals surface area contributed by atoms with Crippen molar-refractivity contribution in [2.45, 2.75) is 12.5 Å². The summed E-state index contributed by atoms with van der Waals surface area (Å²) in [5, 5.41) is 3.30. The number of hydrogen-bond donors (Lipinski definition) is 2. The average molecular weight is 338 g/mol. The van der Waals surface area contributed by atoms with Gasteiger partial charge < -0.3 is 16.0 Å². The molecule has 3 rings (SSSR count). The molecule has 1 aromatic heterocycles. The van der Waals surface area contributed by atoms with Gasteiger partial charge in [-0.05, 0) is 24.6 Å². The number of nitrogens with two attached hydrogens (primary N) is 1. The van der Waals surface area contributed by atoms with Gasteiger partial charge in [-0.25, -0.2) is 14.4 Å². The average Bonchev–Trinajstić information content (AvgIpc) is 2.56. The Morgan fingerprint density at radius 3 is 2.22 bits per heavy atom. The number of hydrogen-bond acceptors (Lipinski definition) is 5. The lowest BCUT2D eigenvalue weighted by molar-refractivity contribution is 0.572. The van der Waals surface area contributed by atoms with Gasteiger partial charge in [0.1, 0.15) is 5.82 Å². The van der Waals surface area contributed by atoms with E-state index in [2.05, 4.69) is 20.2 Å². The van der Waals surface area contributed by atoms with E-state index in [1.807, 2.05) is 6.92 Å². The predicted octanol–water partition coefficient (Wildman–Crippen LogP) is 1.67. The first-order valence-corrected chi connectivity index (χ1v) is 7.40. The maximum Gasteiger partial charge on any atom is 0.225 e. The molecule has 3 N–H and O–H groups in total. The molecule has 1 fully saturated rings. The Labute approximate surface area is 141 Å². The minimum Gasteiger partial charge on any atom is -0.338 e. The topological polar surface area (TPSA) is 67.1 Å². The second-order valence-corrected chi connectivity index (χ2v) is 5.72. The van der Waals surface area contributed by atoms with Crippen molar-refractivity contribution in [1.29, 1.82) is 0 Å². The number of anilines is 1. The summed E-state index contributed by atoms with van der Waals surface area (Å²) >= 11 is 0. The van der Waals surface area contributed by atoms with Crippen LogP contribution < -0.4 is 16.0 Å². The molecule has 2 heterocycles. The van der Waals surface area contributed by atoms with Gasteiger partial charge in [-0.15, -0.1) is 12.4 Å². The van der Waals surface area contributed by atoms with Crippen LogP contribution in [0.25, 0.3) is 0 Å². The van der Waals surface area contributed by atoms with Gasteiger partial charge in [-0.2, -0.15) is 0 Å². The van der Waals surface area contributed by atoms with Crippen LogP contribution in [0.4, 0.5) is 10.3 Å². The van der Waals surface area contributed by atoms with Gasteiger partial charge in [-0.3, -0.25) is 0 Å². The standard InChI is InChI=1S/C16H20FN5.ClH/c1-16(18,12-2-4-14(17)5-3-12)13-10-20-15(21-11-13)22-8-6-19-7-9-22;/h2-5,10-11,19H,6-9,18H2,1H3;1H/t16-;/m1./s1. The Balaban J connectivity index is 0.00000192. The predicted molar refractivity (Wildman–Crippen MR) is 91.4 cm³/mol. The zero-order valence-corrected chi connectivity index (χ0v) is 13.8. The molecule has 1 aliphatic rings. The molecule has 0 spiro atoms. The van der Waals surface area contributed by atoms with E-state index >= 15 is 0 Å². The summed E-state index contributed by atoms with van der Waals surface area (Å²) in [7, 11) is 0. The molecule has 0 aliphatic carbocycles. The lowest BCUT2D eigenvalue weighted by atomic mass is 9.87. The van der Waals surface area contributed by atoms with Crippen LogP contribution in [0.1, 0.15) is 18.1 Å². The lowest BCUT2D eigenvalue weighted by Gasteiger charge is -2.29. The minimum absolute atomic E-state index is 0. The minimum atomic E-state index is -0.754. The molecule has 0 unspecified atom stereocenters. The number of halogens is 2. The highest BCUT2D eigenvalue weighted by Crippen LogP contribution is 2.26. The summed E-state index contributed by atoms with van der Waals surface area (Å²) in [4.78, 5) is 11.0. The summed E-state index contributed by atoms with van der Waals surface area (Å²) in [6, 6.07) is 6.21. The second kappa shape index (κ2) is 7.21. The van der Waals surface area contributed by atoms with E-state index in [4.69, 9.17) is 5.73 Å². The molecule has 0 amide bonds. The zero-order chi connectivity index (χ0) is 15.6. The van der Waals surface area contributed by atoms with Gasteiger partial charge >= 0.3 is 0 Å². The van der Waals surface area contributed by atoms with Gasteiger partial charge in [-0.1, -0.05) is 12.1 Å². The lowest BCUT2D eigenvalue weighted by Crippen LogP contribution is -2.44. The van der Waals surface area contributed by atoms with E-state index < -0.39 is 5.54 Å². The van der Waals surface area contributed by atoms with Crippen LogP contribution in [-0.4, -0.2) is 36.1 Å². The smallest absolute Gasteiger partial charge is 0.225 e. The third-order valence-electron chi connectivity index (χ3n) is 4.08. The fourth-order valence-electron chi connectivity index (χ4n) is 2.58. The van der Waals surface area contributed by atoms with Crippen molar-refractivity contribution in [2.24, 2.45) is 5.73 Å². The number of rotatable bonds is 3. The molecular weight excluding hydrogens is 317 g/mol. The number of piperazine rings is 1. The van der Waals surface area contributed by atoms with Crippen LogP contribution in [0, 0.1) is 5.82 Å². The first-order chi connectivity index (χ1) is 10.6. The fraction of sp³-hybridized carbons (Fsp3) is 0.375. The van der Waals surface area contributed by atoms with Crippen molar-refractivity contribution >= 4 is 18.4 Å². The largest absolute Gasteiger partial charge is 0.338 e. The van der Waals surface area contributed by atoms with E-state index in [9.17, 15) is 4.39 Å². The second-order valence-electron chi connectivity index (χ2n) is 5.72. The zero-order valence-electron chi connectivity index (χ0n) is 13.0. The van der Waals surface area contributed by atoms with Crippen molar-refractivity contribution in [1.82, 2.24) is 15.3 Å². The van der Waals surface area contributed by atoms with Crippen LogP contribution in [0.5, 0.6) is 0 Å². The van der Waals surface area contributed by atoms with E-state index in [1.54, 1.807) is 24.5 Å². The number of nitrogens with zero attached hydrogens (tertiary/aromatic N) is 3. The maximum absolute atomic E-state index is 13.1. The fourth-order valence-corrected chi connectivity index (χ4v) is 2.58. The summed E-state index contributed by atoms with van der Waals surface area (Å²) in [6.45, 7) is 5.56. The van der Waals surface area contributed by atoms with E-state index in [0.29, 0.717) is 0 Å². The monoisotopic (exact) mass is 337 g/mol. The molecule has 0 radical (unpaired) electrons. The van der Waals surface area contributed by atoms with Crippen LogP contribution in [0.15, 0.2) is 36.7 Å². The number of nitrogens with one attached hydrogen (secondary N) is 1. The molecule has 1 aliphatic heterocycles. The van der Waals surface area contributed by atoms with Gasteiger partial charge in [0.05, 0.1) is 5.54 Å². The Hall–Kier alpha value is -1.76. The molecule has 0 saturated carbocycles. The SMILES string of the molecule is C[C@@](N)(c1ccc(F)cc1)c1cnc(N2CCNCC2)nc1.Cl. The normalized spacial score (nSPS) is 17.3. The first-order valence-electron chi connectivity index (χ1n) is 7.40. The highest BCUT2D eigenvalue weighted by Gasteiger charge is 2.25. The summed E-state index contributed by atoms with van der Waals surface area (Å²) in [5.41, 5.74) is 7.29. The molecule has 23 heavy (non-hydrogen) atoms. The van der Waals surface area contributed by atoms with Crippen molar-refractivity contribution < 1.29 is 4.39 Å². The van der Waals surface area contributed by atoms with E-state index in [0.717, 1.165) is 43.3 Å². The Morgan fingerprint density at radius 2 is 1.65 bits per heavy atom. The summed E-state index contributed by atoms with van der Waals surface area (Å²) < 4.78 is 13.1. The highest BCUT2D eigenvalue weighted by atomic mass is 35.5. The van der Waals surface area contributed by atoms with Crippen LogP contribution in [0.2, 0.25) is 0 Å². The van der Waals surface area contributed by atoms with Crippen LogP contribution in [0.3, 0.4) is 0 Å². The summed E-state index contributed by atoms with van der Waals surface area (Å²) in [6.07, 6.45) is 3.52. The van der Waals surface area contributed by atoms with Crippen molar-refractivity contribution in [3.63, 3.8) is 0 Å². The van der Waals surface area contributed by atoms with Crippen molar-refractivity contribution in [3.05, 3.63) is 53.6 Å². The van der Waals surface area contributed by atoms with Gasteiger partial charge in [0.25, 0.3) is 0 Å². The third-order valence-corrected chi connectivity index (χ3v) is 4.08. The third kappa shape index (κ3) is 3.77. The molecule has 5 nitrogen and oxygen atoms in total. The maximum atomic E-state index is 13.1. The Kier molecular flexibility index (Phi) is 5.51. The highest BCUT2D eigenvalue weighted by molar-refractivity contribution is 5.85. The van der Waals surface area contributed by atoms with Crippen molar-refractivity contribution in [2.75, 3.05) is 31.1 Å². The molecule has 124 valence electrons. The van der Waals surface area contributed by atoms with Gasteiger partial charge in [0.15, 0.2) is 0 Å². The van der Waals surface area contributed by atoms with Gasteiger partial charge in [0, 0.05) is 44.1 Å². The molecule has 1 aromatic carbocycles. The molecule has 0 bridgehead atoms. The Morgan fingerprint density at radius 1 is 1.09 bits per heavy atom. The van der Waals surface area contributed by atoms with Gasteiger partial charge in [0.2, 0.25) is 5.95 Å². The molecule has 2 aromatic rings. The molecule has 1 atom stereocenters.